The molecule has 4 aromatic rings. The zero-order valence-corrected chi connectivity index (χ0v) is 18.1. The fourth-order valence-corrected chi connectivity index (χ4v) is 3.16. The van der Waals surface area contributed by atoms with Crippen molar-refractivity contribution >= 4 is 40.5 Å². The second kappa shape index (κ2) is 9.36. The lowest BCUT2D eigenvalue weighted by Gasteiger charge is -2.12. The fraction of sp³-hybridized carbons (Fsp3) is 0.0909. The second-order valence-electron chi connectivity index (χ2n) is 6.74. The van der Waals surface area contributed by atoms with E-state index in [2.05, 4.69) is 31.0 Å². The highest BCUT2D eigenvalue weighted by molar-refractivity contribution is 6.31. The Kier molecular flexibility index (Phi) is 6.18. The average molecular weight is 450 g/mol. The number of methoxy groups -OCH3 is 1. The predicted octanol–water partition coefficient (Wildman–Crippen LogP) is 5.02. The molecule has 0 radical (unpaired) electrons. The molecule has 0 fully saturated rings. The van der Waals surface area contributed by atoms with Gasteiger partial charge in [0.25, 0.3) is 0 Å². The van der Waals surface area contributed by atoms with Crippen LogP contribution in [0.5, 0.6) is 5.75 Å². The Hall–Kier alpha value is -4.11. The molecule has 0 bridgehead atoms. The van der Waals surface area contributed by atoms with E-state index in [4.69, 9.17) is 16.3 Å². The van der Waals surface area contributed by atoms with Crippen molar-refractivity contribution in [2.24, 2.45) is 0 Å². The summed E-state index contributed by atoms with van der Waals surface area (Å²) in [5.41, 5.74) is 1.89. The molecule has 0 atom stereocenters. The monoisotopic (exact) mass is 449 g/mol. The molecule has 0 saturated heterocycles. The number of halogens is 1. The Balaban J connectivity index is 1.42. The van der Waals surface area contributed by atoms with Gasteiger partial charge in [0.1, 0.15) is 17.4 Å². The summed E-state index contributed by atoms with van der Waals surface area (Å²) in [6.07, 6.45) is 3.50. The molecule has 0 aliphatic rings. The number of nitrogens with zero attached hydrogens (tertiary/aromatic N) is 4. The molecule has 0 aliphatic heterocycles. The van der Waals surface area contributed by atoms with Crippen LogP contribution in [-0.4, -0.2) is 32.9 Å². The minimum atomic E-state index is -0.415. The SMILES string of the molecule is COc1ccc(Cl)cc1NC(=O)Nc1ccc(Nc2cc(-n3cccn3)nc(C)n2)cc1. The van der Waals surface area contributed by atoms with Crippen molar-refractivity contribution in [2.45, 2.75) is 6.92 Å². The molecule has 10 heteroatoms. The van der Waals surface area contributed by atoms with Crippen LogP contribution < -0.4 is 20.7 Å². The standard InChI is InChI=1S/C22H20ClN7O2/c1-14-25-20(13-21(26-14)30-11-3-10-24-30)27-16-5-7-17(8-6-16)28-22(31)29-18-12-15(23)4-9-19(18)32-2/h3-13H,1-2H3,(H,25,26,27)(H2,28,29,31). The average Bonchev–Trinajstić information content (AvgIpc) is 3.30. The van der Waals surface area contributed by atoms with Crippen molar-refractivity contribution < 1.29 is 9.53 Å². The van der Waals surface area contributed by atoms with Crippen LogP contribution in [0.1, 0.15) is 5.82 Å². The van der Waals surface area contributed by atoms with Gasteiger partial charge in [0.05, 0.1) is 12.8 Å². The van der Waals surface area contributed by atoms with E-state index < -0.39 is 6.03 Å². The first-order valence-electron chi connectivity index (χ1n) is 9.64. The number of carbonyl (C=O) groups is 1. The first-order chi connectivity index (χ1) is 15.5. The third-order valence-electron chi connectivity index (χ3n) is 4.39. The van der Waals surface area contributed by atoms with Gasteiger partial charge in [0, 0.05) is 34.9 Å². The summed E-state index contributed by atoms with van der Waals surface area (Å²) >= 11 is 6.00. The Labute approximate surface area is 189 Å². The molecule has 2 aromatic carbocycles. The van der Waals surface area contributed by atoms with Gasteiger partial charge in [-0.05, 0) is 55.5 Å². The van der Waals surface area contributed by atoms with Gasteiger partial charge in [0.2, 0.25) is 0 Å². The van der Waals surface area contributed by atoms with Crippen LogP contribution in [0.2, 0.25) is 5.02 Å². The van der Waals surface area contributed by atoms with Crippen molar-refractivity contribution in [3.05, 3.63) is 77.8 Å². The molecule has 9 nitrogen and oxygen atoms in total. The molecule has 0 saturated carbocycles. The molecule has 3 N–H and O–H groups in total. The van der Waals surface area contributed by atoms with E-state index in [9.17, 15) is 4.79 Å². The van der Waals surface area contributed by atoms with Gasteiger partial charge < -0.3 is 20.7 Å². The Morgan fingerprint density at radius 1 is 1.03 bits per heavy atom. The van der Waals surface area contributed by atoms with Gasteiger partial charge in [-0.15, -0.1) is 0 Å². The normalized spacial score (nSPS) is 10.5. The molecule has 0 unspecified atom stereocenters. The van der Waals surface area contributed by atoms with Crippen LogP contribution in [0.3, 0.4) is 0 Å². The molecule has 2 amide bonds. The number of aryl methyl sites for hydroxylation is 1. The lowest BCUT2D eigenvalue weighted by atomic mass is 10.2. The summed E-state index contributed by atoms with van der Waals surface area (Å²) in [7, 11) is 1.52. The number of carbonyl (C=O) groups excluding carboxylic acids is 1. The second-order valence-corrected chi connectivity index (χ2v) is 7.17. The molecule has 4 rings (SSSR count). The van der Waals surface area contributed by atoms with Crippen molar-refractivity contribution in [1.29, 1.82) is 0 Å². The van der Waals surface area contributed by atoms with Gasteiger partial charge >= 0.3 is 6.03 Å². The summed E-state index contributed by atoms with van der Waals surface area (Å²) in [6, 6.07) is 15.4. The molecule has 2 heterocycles. The van der Waals surface area contributed by atoms with Crippen LogP contribution in [0.4, 0.5) is 27.7 Å². The number of rotatable bonds is 6. The number of aromatic nitrogens is 4. The highest BCUT2D eigenvalue weighted by Crippen LogP contribution is 2.28. The fourth-order valence-electron chi connectivity index (χ4n) is 2.98. The van der Waals surface area contributed by atoms with Crippen LogP contribution in [0.25, 0.3) is 5.82 Å². The zero-order chi connectivity index (χ0) is 22.5. The van der Waals surface area contributed by atoms with Crippen LogP contribution in [0.15, 0.2) is 67.0 Å². The van der Waals surface area contributed by atoms with Crippen LogP contribution in [0, 0.1) is 6.92 Å². The maximum atomic E-state index is 12.4. The Bertz CT molecular complexity index is 1230. The number of hydrogen-bond acceptors (Lipinski definition) is 6. The number of nitrogens with one attached hydrogen (secondary N) is 3. The topological polar surface area (TPSA) is 106 Å². The molecular weight excluding hydrogens is 430 g/mol. The smallest absolute Gasteiger partial charge is 0.323 e. The van der Waals surface area contributed by atoms with Crippen LogP contribution in [-0.2, 0) is 0 Å². The van der Waals surface area contributed by atoms with Crippen molar-refractivity contribution in [3.8, 4) is 11.6 Å². The van der Waals surface area contributed by atoms with E-state index >= 15 is 0 Å². The molecular formula is C22H20ClN7O2. The lowest BCUT2D eigenvalue weighted by Crippen LogP contribution is -2.19. The van der Waals surface area contributed by atoms with Crippen LogP contribution >= 0.6 is 11.6 Å². The van der Waals surface area contributed by atoms with Gasteiger partial charge in [-0.25, -0.2) is 19.4 Å². The zero-order valence-electron chi connectivity index (χ0n) is 17.3. The third kappa shape index (κ3) is 5.13. The van der Waals surface area contributed by atoms with Crippen molar-refractivity contribution in [2.75, 3.05) is 23.1 Å². The van der Waals surface area contributed by atoms with Gasteiger partial charge in [-0.1, -0.05) is 11.6 Å². The molecule has 0 spiro atoms. The van der Waals surface area contributed by atoms with Crippen molar-refractivity contribution in [3.63, 3.8) is 0 Å². The number of ether oxygens (including phenoxy) is 1. The summed E-state index contributed by atoms with van der Waals surface area (Å²) in [5.74, 6) is 2.43. The summed E-state index contributed by atoms with van der Waals surface area (Å²) in [5, 5.41) is 13.4. The van der Waals surface area contributed by atoms with Gasteiger partial charge in [-0.2, -0.15) is 5.10 Å². The minimum absolute atomic E-state index is 0.415. The number of amides is 2. The summed E-state index contributed by atoms with van der Waals surface area (Å²) < 4.78 is 6.91. The first kappa shape index (κ1) is 21.1. The van der Waals surface area contributed by atoms with Crippen molar-refractivity contribution in [1.82, 2.24) is 19.7 Å². The lowest BCUT2D eigenvalue weighted by molar-refractivity contribution is 0.262. The van der Waals surface area contributed by atoms with E-state index in [0.29, 0.717) is 39.6 Å². The van der Waals surface area contributed by atoms with E-state index in [0.717, 1.165) is 5.69 Å². The summed E-state index contributed by atoms with van der Waals surface area (Å²) in [4.78, 5) is 21.2. The van der Waals surface area contributed by atoms with E-state index in [-0.39, 0.29) is 0 Å². The highest BCUT2D eigenvalue weighted by atomic mass is 35.5. The number of hydrogen-bond donors (Lipinski definition) is 3. The van der Waals surface area contributed by atoms with Gasteiger partial charge in [0.15, 0.2) is 5.82 Å². The minimum Gasteiger partial charge on any atom is -0.495 e. The van der Waals surface area contributed by atoms with E-state index in [1.165, 1.54) is 7.11 Å². The number of anilines is 4. The third-order valence-corrected chi connectivity index (χ3v) is 4.62. The summed E-state index contributed by atoms with van der Waals surface area (Å²) in [6.45, 7) is 1.82. The maximum absolute atomic E-state index is 12.4. The Morgan fingerprint density at radius 2 is 1.81 bits per heavy atom. The first-order valence-corrected chi connectivity index (χ1v) is 10.0. The van der Waals surface area contributed by atoms with Gasteiger partial charge in [-0.3, -0.25) is 0 Å². The molecule has 2 aromatic heterocycles. The molecule has 162 valence electrons. The maximum Gasteiger partial charge on any atom is 0.323 e. The number of benzene rings is 2. The number of urea groups is 1. The predicted molar refractivity (Wildman–Crippen MR) is 124 cm³/mol. The molecule has 0 aliphatic carbocycles. The van der Waals surface area contributed by atoms with E-state index in [1.807, 2.05) is 31.3 Å². The molecule has 32 heavy (non-hydrogen) atoms. The van der Waals surface area contributed by atoms with E-state index in [1.54, 1.807) is 47.3 Å². The quantitative estimate of drug-likeness (QED) is 0.381. The largest absolute Gasteiger partial charge is 0.495 e. The highest BCUT2D eigenvalue weighted by Gasteiger charge is 2.09. The Morgan fingerprint density at radius 3 is 2.53 bits per heavy atom.